The van der Waals surface area contributed by atoms with Crippen molar-refractivity contribution in [1.82, 2.24) is 5.32 Å². The normalized spacial score (nSPS) is 12.0. The van der Waals surface area contributed by atoms with Crippen molar-refractivity contribution in [2.75, 3.05) is 14.2 Å². The summed E-state index contributed by atoms with van der Waals surface area (Å²) in [6.07, 6.45) is 0. The standard InChI is InChI=1S/C20H20FNO4/c1-11-15-10-14(24-3)6-8-17(15)26-19(11)20(23)22-12(2)13-5-7-18(25-4)16(21)9-13/h5-10,12H,1-4H3,(H,22,23)/t12-/m0/s1. The van der Waals surface area contributed by atoms with Crippen molar-refractivity contribution in [3.05, 3.63) is 59.1 Å². The van der Waals surface area contributed by atoms with Crippen LogP contribution in [0.4, 0.5) is 4.39 Å². The van der Waals surface area contributed by atoms with Gasteiger partial charge >= 0.3 is 0 Å². The van der Waals surface area contributed by atoms with Crippen molar-refractivity contribution in [3.8, 4) is 11.5 Å². The van der Waals surface area contributed by atoms with Crippen molar-refractivity contribution in [1.29, 1.82) is 0 Å². The van der Waals surface area contributed by atoms with Crippen LogP contribution in [0.3, 0.4) is 0 Å². The summed E-state index contributed by atoms with van der Waals surface area (Å²) in [7, 11) is 2.99. The van der Waals surface area contributed by atoms with Gasteiger partial charge in [0.25, 0.3) is 5.91 Å². The molecular formula is C20H20FNO4. The van der Waals surface area contributed by atoms with Crippen molar-refractivity contribution in [3.63, 3.8) is 0 Å². The summed E-state index contributed by atoms with van der Waals surface area (Å²) < 4.78 is 29.7. The van der Waals surface area contributed by atoms with E-state index in [1.165, 1.54) is 19.2 Å². The van der Waals surface area contributed by atoms with E-state index < -0.39 is 11.9 Å². The molecule has 1 atom stereocenters. The van der Waals surface area contributed by atoms with Crippen molar-refractivity contribution < 1.29 is 23.1 Å². The molecule has 0 aliphatic heterocycles. The molecule has 3 rings (SSSR count). The Bertz CT molecular complexity index is 964. The Kier molecular flexibility index (Phi) is 4.84. The summed E-state index contributed by atoms with van der Waals surface area (Å²) in [5.41, 5.74) is 1.97. The second kappa shape index (κ2) is 7.07. The molecule has 0 radical (unpaired) electrons. The zero-order valence-electron chi connectivity index (χ0n) is 15.1. The minimum absolute atomic E-state index is 0.161. The number of nitrogens with one attached hydrogen (secondary N) is 1. The summed E-state index contributed by atoms with van der Waals surface area (Å²) in [6.45, 7) is 3.60. The third-order valence-electron chi connectivity index (χ3n) is 4.37. The van der Waals surface area contributed by atoms with Gasteiger partial charge in [0.1, 0.15) is 11.3 Å². The molecule has 1 heterocycles. The van der Waals surface area contributed by atoms with Crippen molar-refractivity contribution in [2.45, 2.75) is 19.9 Å². The van der Waals surface area contributed by atoms with Gasteiger partial charge < -0.3 is 19.2 Å². The first-order chi connectivity index (χ1) is 12.4. The second-order valence-electron chi connectivity index (χ2n) is 6.01. The Morgan fingerprint density at radius 3 is 2.58 bits per heavy atom. The highest BCUT2D eigenvalue weighted by Crippen LogP contribution is 2.29. The van der Waals surface area contributed by atoms with Crippen molar-refractivity contribution >= 4 is 16.9 Å². The molecule has 0 saturated carbocycles. The first-order valence-corrected chi connectivity index (χ1v) is 8.16. The molecule has 3 aromatic rings. The average Bonchev–Trinajstić information content (AvgIpc) is 2.97. The van der Waals surface area contributed by atoms with E-state index in [0.717, 1.165) is 10.9 Å². The van der Waals surface area contributed by atoms with E-state index in [2.05, 4.69) is 5.32 Å². The van der Waals surface area contributed by atoms with Gasteiger partial charge in [0, 0.05) is 10.9 Å². The lowest BCUT2D eigenvalue weighted by Crippen LogP contribution is -2.26. The van der Waals surface area contributed by atoms with Crippen LogP contribution in [0.1, 0.15) is 34.6 Å². The number of ether oxygens (including phenoxy) is 2. The molecule has 0 fully saturated rings. The van der Waals surface area contributed by atoms with Gasteiger partial charge in [-0.3, -0.25) is 4.79 Å². The Morgan fingerprint density at radius 1 is 1.15 bits per heavy atom. The lowest BCUT2D eigenvalue weighted by atomic mass is 10.1. The maximum Gasteiger partial charge on any atom is 0.287 e. The Hall–Kier alpha value is -3.02. The maximum absolute atomic E-state index is 13.9. The summed E-state index contributed by atoms with van der Waals surface area (Å²) in [6, 6.07) is 9.56. The average molecular weight is 357 g/mol. The van der Waals surface area contributed by atoms with Crippen LogP contribution >= 0.6 is 0 Å². The van der Waals surface area contributed by atoms with Gasteiger partial charge in [-0.2, -0.15) is 0 Å². The summed E-state index contributed by atoms with van der Waals surface area (Å²) in [5, 5.41) is 3.65. The molecule has 1 N–H and O–H groups in total. The number of amides is 1. The Labute approximate surface area is 150 Å². The monoisotopic (exact) mass is 357 g/mol. The molecule has 6 heteroatoms. The summed E-state index contributed by atoms with van der Waals surface area (Å²) in [4.78, 5) is 12.6. The van der Waals surface area contributed by atoms with Gasteiger partial charge in [-0.1, -0.05) is 6.07 Å². The van der Waals surface area contributed by atoms with Crippen LogP contribution in [-0.4, -0.2) is 20.1 Å². The molecule has 1 aromatic heterocycles. The largest absolute Gasteiger partial charge is 0.497 e. The number of rotatable bonds is 5. The van der Waals surface area contributed by atoms with Crippen LogP contribution in [0.5, 0.6) is 11.5 Å². The highest BCUT2D eigenvalue weighted by atomic mass is 19.1. The topological polar surface area (TPSA) is 60.7 Å². The van der Waals surface area contributed by atoms with Crippen LogP contribution in [-0.2, 0) is 0 Å². The zero-order chi connectivity index (χ0) is 18.8. The Balaban J connectivity index is 1.84. The first kappa shape index (κ1) is 17.8. The third-order valence-corrected chi connectivity index (χ3v) is 4.37. The molecular weight excluding hydrogens is 337 g/mol. The van der Waals surface area contributed by atoms with Crippen LogP contribution in [0.2, 0.25) is 0 Å². The number of halogens is 1. The van der Waals surface area contributed by atoms with E-state index in [9.17, 15) is 9.18 Å². The molecule has 5 nitrogen and oxygen atoms in total. The molecule has 0 unspecified atom stereocenters. The van der Waals surface area contributed by atoms with Gasteiger partial charge in [0.05, 0.1) is 20.3 Å². The first-order valence-electron chi connectivity index (χ1n) is 8.16. The smallest absolute Gasteiger partial charge is 0.287 e. The third kappa shape index (κ3) is 3.22. The number of carbonyl (C=O) groups is 1. The van der Waals surface area contributed by atoms with Gasteiger partial charge in [-0.05, 0) is 49.7 Å². The number of furan rings is 1. The number of benzene rings is 2. The quantitative estimate of drug-likeness (QED) is 0.736. The fraction of sp³-hybridized carbons (Fsp3) is 0.250. The van der Waals surface area contributed by atoms with Crippen LogP contribution in [0, 0.1) is 12.7 Å². The van der Waals surface area contributed by atoms with Gasteiger partial charge in [-0.25, -0.2) is 4.39 Å². The van der Waals surface area contributed by atoms with E-state index in [1.54, 1.807) is 32.2 Å². The lowest BCUT2D eigenvalue weighted by molar-refractivity contribution is 0.0913. The van der Waals surface area contributed by atoms with E-state index >= 15 is 0 Å². The molecule has 0 saturated heterocycles. The number of aryl methyl sites for hydroxylation is 1. The lowest BCUT2D eigenvalue weighted by Gasteiger charge is -2.14. The highest BCUT2D eigenvalue weighted by Gasteiger charge is 2.20. The van der Waals surface area contributed by atoms with E-state index in [0.29, 0.717) is 16.9 Å². The van der Waals surface area contributed by atoms with E-state index in [1.807, 2.05) is 13.0 Å². The molecule has 26 heavy (non-hydrogen) atoms. The second-order valence-corrected chi connectivity index (χ2v) is 6.01. The van der Waals surface area contributed by atoms with Crippen LogP contribution in [0.25, 0.3) is 11.0 Å². The molecule has 1 amide bonds. The van der Waals surface area contributed by atoms with Crippen molar-refractivity contribution in [2.24, 2.45) is 0 Å². The predicted molar refractivity (Wildman–Crippen MR) is 96.3 cm³/mol. The maximum atomic E-state index is 13.9. The number of fused-ring (bicyclic) bond motifs is 1. The van der Waals surface area contributed by atoms with E-state index in [4.69, 9.17) is 13.9 Å². The van der Waals surface area contributed by atoms with Gasteiger partial charge in [0.15, 0.2) is 17.3 Å². The van der Waals surface area contributed by atoms with E-state index in [-0.39, 0.29) is 17.4 Å². The summed E-state index contributed by atoms with van der Waals surface area (Å²) in [5.74, 6) is 0.248. The van der Waals surface area contributed by atoms with Gasteiger partial charge in [-0.15, -0.1) is 0 Å². The predicted octanol–water partition coefficient (Wildman–Crippen LogP) is 4.39. The SMILES string of the molecule is COc1ccc2oc(C(=O)N[C@@H](C)c3ccc(OC)c(F)c3)c(C)c2c1. The fourth-order valence-electron chi connectivity index (χ4n) is 2.84. The molecule has 136 valence electrons. The van der Waals surface area contributed by atoms with Crippen LogP contribution in [0.15, 0.2) is 40.8 Å². The highest BCUT2D eigenvalue weighted by molar-refractivity contribution is 5.99. The molecule has 0 aliphatic carbocycles. The number of hydrogen-bond donors (Lipinski definition) is 1. The minimum Gasteiger partial charge on any atom is -0.497 e. The zero-order valence-corrected chi connectivity index (χ0v) is 15.1. The summed E-state index contributed by atoms with van der Waals surface area (Å²) >= 11 is 0. The molecule has 0 spiro atoms. The molecule has 0 bridgehead atoms. The van der Waals surface area contributed by atoms with Gasteiger partial charge in [0.2, 0.25) is 0 Å². The number of carbonyl (C=O) groups excluding carboxylic acids is 1. The van der Waals surface area contributed by atoms with Crippen LogP contribution < -0.4 is 14.8 Å². The Morgan fingerprint density at radius 2 is 1.92 bits per heavy atom. The molecule has 2 aromatic carbocycles. The minimum atomic E-state index is -0.474. The molecule has 0 aliphatic rings. The number of methoxy groups -OCH3 is 2. The fourth-order valence-corrected chi connectivity index (χ4v) is 2.84. The number of hydrogen-bond acceptors (Lipinski definition) is 4.